The van der Waals surface area contributed by atoms with Gasteiger partial charge in [0.2, 0.25) is 0 Å². The Balaban J connectivity index is 1.73. The molecule has 1 heterocycles. The molecule has 0 radical (unpaired) electrons. The van der Waals surface area contributed by atoms with Gasteiger partial charge < -0.3 is 10.6 Å². The Morgan fingerprint density at radius 2 is 1.42 bits per heavy atom. The van der Waals surface area contributed by atoms with Crippen molar-refractivity contribution in [2.45, 2.75) is 13.8 Å². The fourth-order valence-corrected chi connectivity index (χ4v) is 2.52. The second-order valence-electron chi connectivity index (χ2n) is 6.08. The first-order valence-corrected chi connectivity index (χ1v) is 8.23. The van der Waals surface area contributed by atoms with Gasteiger partial charge in [-0.1, -0.05) is 23.8 Å². The average molecular weight is 345 g/mol. The van der Waals surface area contributed by atoms with Crippen LogP contribution in [0.4, 0.5) is 11.5 Å². The number of carbonyl (C=O) groups excluding carboxylic acids is 2. The molecular weight excluding hydrogens is 326 g/mol. The fraction of sp³-hybridized carbons (Fsp3) is 0.0952. The number of hydrogen-bond acceptors (Lipinski definition) is 3. The van der Waals surface area contributed by atoms with E-state index in [4.69, 9.17) is 0 Å². The number of nitrogens with zero attached hydrogens (tertiary/aromatic N) is 1. The van der Waals surface area contributed by atoms with Crippen molar-refractivity contribution in [3.05, 3.63) is 89.1 Å². The van der Waals surface area contributed by atoms with Crippen LogP contribution in [0.1, 0.15) is 31.8 Å². The highest BCUT2D eigenvalue weighted by Gasteiger charge is 2.10. The van der Waals surface area contributed by atoms with Crippen molar-refractivity contribution in [2.75, 3.05) is 10.6 Å². The molecule has 3 rings (SSSR count). The summed E-state index contributed by atoms with van der Waals surface area (Å²) in [6.45, 7) is 3.86. The SMILES string of the molecule is Cc1cccc(C(=O)Nc2cccc(C(=O)Nc3cc(C)ccn3)c2)c1. The van der Waals surface area contributed by atoms with Crippen LogP contribution < -0.4 is 10.6 Å². The lowest BCUT2D eigenvalue weighted by Crippen LogP contribution is -2.15. The molecule has 0 atom stereocenters. The lowest BCUT2D eigenvalue weighted by Gasteiger charge is -2.09. The number of carbonyl (C=O) groups is 2. The largest absolute Gasteiger partial charge is 0.322 e. The van der Waals surface area contributed by atoms with E-state index in [-0.39, 0.29) is 11.8 Å². The molecule has 0 aliphatic carbocycles. The number of pyridine rings is 1. The van der Waals surface area contributed by atoms with Crippen LogP contribution in [0.3, 0.4) is 0 Å². The summed E-state index contributed by atoms with van der Waals surface area (Å²) in [7, 11) is 0. The normalized spacial score (nSPS) is 10.2. The van der Waals surface area contributed by atoms with Crippen molar-refractivity contribution < 1.29 is 9.59 Å². The van der Waals surface area contributed by atoms with Crippen molar-refractivity contribution in [2.24, 2.45) is 0 Å². The van der Waals surface area contributed by atoms with Crippen LogP contribution in [-0.4, -0.2) is 16.8 Å². The van der Waals surface area contributed by atoms with Crippen LogP contribution in [-0.2, 0) is 0 Å². The lowest BCUT2D eigenvalue weighted by atomic mass is 10.1. The third kappa shape index (κ3) is 4.33. The third-order valence-corrected chi connectivity index (χ3v) is 3.82. The summed E-state index contributed by atoms with van der Waals surface area (Å²) >= 11 is 0. The van der Waals surface area contributed by atoms with Crippen LogP contribution >= 0.6 is 0 Å². The summed E-state index contributed by atoms with van der Waals surface area (Å²) in [4.78, 5) is 28.9. The van der Waals surface area contributed by atoms with Crippen LogP contribution in [0.25, 0.3) is 0 Å². The number of benzene rings is 2. The molecule has 3 aromatic rings. The van der Waals surface area contributed by atoms with E-state index in [0.29, 0.717) is 22.6 Å². The number of amides is 2. The quantitative estimate of drug-likeness (QED) is 0.744. The number of aryl methyl sites for hydroxylation is 2. The second kappa shape index (κ2) is 7.61. The number of anilines is 2. The predicted octanol–water partition coefficient (Wildman–Crippen LogP) is 4.20. The summed E-state index contributed by atoms with van der Waals surface area (Å²) < 4.78 is 0. The van der Waals surface area contributed by atoms with Gasteiger partial charge in [0.05, 0.1) is 0 Å². The zero-order valence-corrected chi connectivity index (χ0v) is 14.6. The summed E-state index contributed by atoms with van der Waals surface area (Å²) in [6.07, 6.45) is 1.64. The molecule has 0 aliphatic heterocycles. The van der Waals surface area contributed by atoms with Crippen LogP contribution in [0.15, 0.2) is 66.9 Å². The van der Waals surface area contributed by atoms with E-state index in [1.54, 1.807) is 42.6 Å². The molecule has 0 bridgehead atoms. The number of aromatic nitrogens is 1. The van der Waals surface area contributed by atoms with E-state index in [1.807, 2.05) is 38.1 Å². The van der Waals surface area contributed by atoms with Crippen LogP contribution in [0.5, 0.6) is 0 Å². The van der Waals surface area contributed by atoms with Gasteiger partial charge in [-0.25, -0.2) is 4.98 Å². The summed E-state index contributed by atoms with van der Waals surface area (Å²) in [5.74, 6) is -0.00874. The lowest BCUT2D eigenvalue weighted by molar-refractivity contribution is 0.101. The van der Waals surface area contributed by atoms with Crippen LogP contribution in [0.2, 0.25) is 0 Å². The monoisotopic (exact) mass is 345 g/mol. The third-order valence-electron chi connectivity index (χ3n) is 3.82. The molecule has 0 saturated carbocycles. The maximum atomic E-state index is 12.4. The molecule has 0 aliphatic rings. The molecule has 2 aromatic carbocycles. The first-order valence-electron chi connectivity index (χ1n) is 8.23. The molecular formula is C21H19N3O2. The maximum Gasteiger partial charge on any atom is 0.256 e. The van der Waals surface area contributed by atoms with Crippen molar-refractivity contribution >= 4 is 23.3 Å². The first kappa shape index (κ1) is 17.4. The van der Waals surface area contributed by atoms with Gasteiger partial charge in [-0.15, -0.1) is 0 Å². The van der Waals surface area contributed by atoms with Gasteiger partial charge >= 0.3 is 0 Å². The van der Waals surface area contributed by atoms with E-state index < -0.39 is 0 Å². The topological polar surface area (TPSA) is 71.1 Å². The first-order chi connectivity index (χ1) is 12.5. The highest BCUT2D eigenvalue weighted by Crippen LogP contribution is 2.15. The molecule has 0 saturated heterocycles. The van der Waals surface area contributed by atoms with E-state index in [1.165, 1.54) is 0 Å². The average Bonchev–Trinajstić information content (AvgIpc) is 2.62. The molecule has 26 heavy (non-hydrogen) atoms. The minimum absolute atomic E-state index is 0.216. The molecule has 2 N–H and O–H groups in total. The standard InChI is InChI=1S/C21H19N3O2/c1-14-5-3-6-16(11-14)20(25)23-18-8-4-7-17(13-18)21(26)24-19-12-15(2)9-10-22-19/h3-13H,1-2H3,(H,23,25)(H,22,24,26). The van der Waals surface area contributed by atoms with Gasteiger partial charge in [0.1, 0.15) is 5.82 Å². The molecule has 130 valence electrons. The Morgan fingerprint density at radius 3 is 2.15 bits per heavy atom. The molecule has 5 nitrogen and oxygen atoms in total. The zero-order chi connectivity index (χ0) is 18.5. The zero-order valence-electron chi connectivity index (χ0n) is 14.6. The Labute approximate surface area is 152 Å². The Morgan fingerprint density at radius 1 is 0.769 bits per heavy atom. The number of rotatable bonds is 4. The van der Waals surface area contributed by atoms with E-state index in [2.05, 4.69) is 15.6 Å². The smallest absolute Gasteiger partial charge is 0.256 e. The van der Waals surface area contributed by atoms with E-state index in [0.717, 1.165) is 11.1 Å². The van der Waals surface area contributed by atoms with Gasteiger partial charge in [-0.2, -0.15) is 0 Å². The van der Waals surface area contributed by atoms with Gasteiger partial charge in [-0.05, 0) is 61.9 Å². The molecule has 0 unspecified atom stereocenters. The van der Waals surface area contributed by atoms with E-state index >= 15 is 0 Å². The van der Waals surface area contributed by atoms with Gasteiger partial charge in [0.25, 0.3) is 11.8 Å². The number of nitrogens with one attached hydrogen (secondary N) is 2. The molecule has 0 spiro atoms. The highest BCUT2D eigenvalue weighted by atomic mass is 16.2. The van der Waals surface area contributed by atoms with Gasteiger partial charge in [-0.3, -0.25) is 9.59 Å². The minimum atomic E-state index is -0.283. The molecule has 0 fully saturated rings. The number of hydrogen-bond donors (Lipinski definition) is 2. The maximum absolute atomic E-state index is 12.4. The second-order valence-corrected chi connectivity index (χ2v) is 6.08. The molecule has 1 aromatic heterocycles. The predicted molar refractivity (Wildman–Crippen MR) is 103 cm³/mol. The summed E-state index contributed by atoms with van der Waals surface area (Å²) in [5.41, 5.74) is 3.59. The van der Waals surface area contributed by atoms with E-state index in [9.17, 15) is 9.59 Å². The Kier molecular flexibility index (Phi) is 5.08. The van der Waals surface area contributed by atoms with Crippen molar-refractivity contribution in [1.82, 2.24) is 4.98 Å². The Hall–Kier alpha value is -3.47. The fourth-order valence-electron chi connectivity index (χ4n) is 2.52. The van der Waals surface area contributed by atoms with Crippen molar-refractivity contribution in [3.8, 4) is 0 Å². The van der Waals surface area contributed by atoms with Crippen LogP contribution in [0, 0.1) is 13.8 Å². The van der Waals surface area contributed by atoms with Gasteiger partial charge in [0.15, 0.2) is 0 Å². The Bertz CT molecular complexity index is 967. The minimum Gasteiger partial charge on any atom is -0.322 e. The van der Waals surface area contributed by atoms with Gasteiger partial charge in [0, 0.05) is 23.0 Å². The molecule has 2 amide bonds. The highest BCUT2D eigenvalue weighted by molar-refractivity contribution is 6.07. The summed E-state index contributed by atoms with van der Waals surface area (Å²) in [5, 5.41) is 5.58. The van der Waals surface area contributed by atoms with Crippen molar-refractivity contribution in [3.63, 3.8) is 0 Å². The summed E-state index contributed by atoms with van der Waals surface area (Å²) in [6, 6.07) is 17.8. The van der Waals surface area contributed by atoms with Crippen molar-refractivity contribution in [1.29, 1.82) is 0 Å². The molecule has 5 heteroatoms.